The second-order valence-corrected chi connectivity index (χ2v) is 0.752. The number of methoxy groups -OCH3 is 1. The number of ether oxygens (including phenoxy) is 1. The maximum atomic E-state index is 10.9. The van der Waals surface area contributed by atoms with Crippen LogP contribution in [0.5, 0.6) is 0 Å². The second-order valence-electron chi connectivity index (χ2n) is 0.752. The summed E-state index contributed by atoms with van der Waals surface area (Å²) in [6, 6.07) is 0. The van der Waals surface area contributed by atoms with Gasteiger partial charge in [0.15, 0.2) is 0 Å². The first kappa shape index (κ1) is 6.33. The van der Waals surface area contributed by atoms with Crippen molar-refractivity contribution < 1.29 is 18.3 Å². The summed E-state index contributed by atoms with van der Waals surface area (Å²) in [5.74, 6) is -1.57. The van der Waals surface area contributed by atoms with Crippen molar-refractivity contribution in [2.75, 3.05) is 7.11 Å². The Labute approximate surface area is 39.1 Å². The van der Waals surface area contributed by atoms with Gasteiger partial charge < -0.3 is 4.74 Å². The molecule has 0 spiro atoms. The Balaban J connectivity index is 3.35. The number of rotatable bonds is 1. The third-order valence-corrected chi connectivity index (χ3v) is 0.340. The molecular weight excluding hydrogens is 106 g/mol. The molecule has 0 rings (SSSR count). The molecule has 0 aromatic heterocycles. The lowest BCUT2D eigenvalue weighted by atomic mass is 10.7. The predicted molar refractivity (Wildman–Crippen MR) is 17.5 cm³/mol. The molecule has 0 aliphatic carbocycles. The Morgan fingerprint density at radius 2 is 2.00 bits per heavy atom. The third-order valence-electron chi connectivity index (χ3n) is 0.340. The summed E-state index contributed by atoms with van der Waals surface area (Å²) in [4.78, 5) is 9.50. The second kappa shape index (κ2) is 2.49. The molecule has 1 radical (unpaired) electrons. The van der Waals surface area contributed by atoms with Crippen LogP contribution in [0.25, 0.3) is 0 Å². The van der Waals surface area contributed by atoms with Gasteiger partial charge in [-0.2, -0.15) is 8.78 Å². The first-order chi connectivity index (χ1) is 3.18. The summed E-state index contributed by atoms with van der Waals surface area (Å²) in [7, 11) is 0.890. The van der Waals surface area contributed by atoms with Crippen LogP contribution in [0, 0.1) is 6.43 Å². The Morgan fingerprint density at radius 3 is 2.00 bits per heavy atom. The van der Waals surface area contributed by atoms with E-state index >= 15 is 0 Å². The summed E-state index contributed by atoms with van der Waals surface area (Å²) in [5, 5.41) is 0. The molecule has 0 fully saturated rings. The number of hydrogen-bond acceptors (Lipinski definition) is 2. The lowest BCUT2D eigenvalue weighted by Crippen LogP contribution is -2.03. The van der Waals surface area contributed by atoms with Gasteiger partial charge in [-0.15, -0.1) is 0 Å². The normalized spacial score (nSPS) is 9.14. The molecule has 0 atom stereocenters. The van der Waals surface area contributed by atoms with Crippen LogP contribution in [-0.2, 0) is 9.53 Å². The molecule has 0 saturated heterocycles. The summed E-state index contributed by atoms with van der Waals surface area (Å²) >= 11 is 0. The highest BCUT2D eigenvalue weighted by atomic mass is 19.3. The van der Waals surface area contributed by atoms with Crippen molar-refractivity contribution in [1.82, 2.24) is 0 Å². The minimum Gasteiger partial charge on any atom is -0.464 e. The van der Waals surface area contributed by atoms with E-state index in [1.807, 2.05) is 0 Å². The number of halogens is 2. The van der Waals surface area contributed by atoms with E-state index in [-0.39, 0.29) is 0 Å². The molecule has 0 amide bonds. The predicted octanol–water partition coefficient (Wildman–Crippen LogP) is 0.588. The standard InChI is InChI=1S/C3H3F2O2/c1-7-3(6)2(4)5/h1H3. The van der Waals surface area contributed by atoms with E-state index in [1.165, 1.54) is 0 Å². The van der Waals surface area contributed by atoms with Gasteiger partial charge in [-0.05, 0) is 0 Å². The zero-order chi connectivity index (χ0) is 5.86. The minimum atomic E-state index is -2.32. The van der Waals surface area contributed by atoms with Gasteiger partial charge in [0.2, 0.25) is 0 Å². The van der Waals surface area contributed by atoms with E-state index in [9.17, 15) is 13.6 Å². The van der Waals surface area contributed by atoms with E-state index in [2.05, 4.69) is 4.74 Å². The molecule has 0 unspecified atom stereocenters. The van der Waals surface area contributed by atoms with Gasteiger partial charge in [0.1, 0.15) is 0 Å². The summed E-state index contributed by atoms with van der Waals surface area (Å²) in [6.45, 7) is 0. The number of carbonyl (C=O) groups excluding carboxylic acids is 1. The van der Waals surface area contributed by atoms with Crippen molar-refractivity contribution in [2.24, 2.45) is 0 Å². The molecule has 0 aliphatic rings. The van der Waals surface area contributed by atoms with Gasteiger partial charge in [0, 0.05) is 0 Å². The van der Waals surface area contributed by atoms with Crippen LogP contribution in [0.15, 0.2) is 0 Å². The van der Waals surface area contributed by atoms with Gasteiger partial charge in [-0.1, -0.05) is 0 Å². The number of carbonyl (C=O) groups is 1. The van der Waals surface area contributed by atoms with Crippen LogP contribution >= 0.6 is 0 Å². The average molecular weight is 109 g/mol. The summed E-state index contributed by atoms with van der Waals surface area (Å²) in [6.07, 6.45) is -2.32. The van der Waals surface area contributed by atoms with Crippen LogP contribution in [0.2, 0.25) is 0 Å². The maximum Gasteiger partial charge on any atom is 0.415 e. The highest BCUT2D eigenvalue weighted by Gasteiger charge is 2.17. The van der Waals surface area contributed by atoms with Crippen LogP contribution < -0.4 is 0 Å². The molecule has 0 saturated carbocycles. The topological polar surface area (TPSA) is 26.3 Å². The molecule has 2 nitrogen and oxygen atoms in total. The van der Waals surface area contributed by atoms with Gasteiger partial charge in [-0.25, -0.2) is 4.79 Å². The van der Waals surface area contributed by atoms with E-state index < -0.39 is 12.4 Å². The van der Waals surface area contributed by atoms with Crippen molar-refractivity contribution >= 4 is 5.97 Å². The Kier molecular flexibility index (Phi) is 2.26. The van der Waals surface area contributed by atoms with Crippen LogP contribution in [0.3, 0.4) is 0 Å². The summed E-state index contributed by atoms with van der Waals surface area (Å²) in [5.41, 5.74) is 0. The van der Waals surface area contributed by atoms with Gasteiger partial charge in [-0.3, -0.25) is 0 Å². The molecule has 0 N–H and O–H groups in total. The quantitative estimate of drug-likeness (QED) is 0.460. The summed E-state index contributed by atoms with van der Waals surface area (Å²) < 4.78 is 25.3. The van der Waals surface area contributed by atoms with Crippen molar-refractivity contribution in [3.8, 4) is 0 Å². The van der Waals surface area contributed by atoms with Crippen LogP contribution in [0.4, 0.5) is 8.78 Å². The van der Waals surface area contributed by atoms with E-state index in [0.29, 0.717) is 0 Å². The van der Waals surface area contributed by atoms with Gasteiger partial charge >= 0.3 is 12.4 Å². The molecule has 7 heavy (non-hydrogen) atoms. The van der Waals surface area contributed by atoms with Crippen LogP contribution in [0.1, 0.15) is 0 Å². The fourth-order valence-corrected chi connectivity index (χ4v) is 0.0772. The molecule has 0 bridgehead atoms. The highest BCUT2D eigenvalue weighted by molar-refractivity contribution is 5.79. The minimum absolute atomic E-state index is 0.890. The highest BCUT2D eigenvalue weighted by Crippen LogP contribution is 2.02. The monoisotopic (exact) mass is 109 g/mol. The van der Waals surface area contributed by atoms with E-state index in [1.54, 1.807) is 0 Å². The fourth-order valence-electron chi connectivity index (χ4n) is 0.0772. The van der Waals surface area contributed by atoms with E-state index in [0.717, 1.165) is 7.11 Å². The molecule has 4 heteroatoms. The zero-order valence-corrected chi connectivity index (χ0v) is 3.57. The zero-order valence-electron chi connectivity index (χ0n) is 3.57. The molecular formula is C3H3F2O2. The number of hydrogen-bond donors (Lipinski definition) is 0. The fraction of sp³-hybridized carbons (Fsp3) is 0.333. The van der Waals surface area contributed by atoms with Gasteiger partial charge in [0.05, 0.1) is 7.11 Å². The van der Waals surface area contributed by atoms with Crippen molar-refractivity contribution in [3.05, 3.63) is 6.43 Å². The molecule has 0 heterocycles. The maximum absolute atomic E-state index is 10.9. The van der Waals surface area contributed by atoms with Gasteiger partial charge in [0.25, 0.3) is 0 Å². The third kappa shape index (κ3) is 2.08. The molecule has 0 aromatic carbocycles. The smallest absolute Gasteiger partial charge is 0.415 e. The molecule has 41 valence electrons. The lowest BCUT2D eigenvalue weighted by molar-refractivity contribution is -0.144. The number of esters is 1. The largest absolute Gasteiger partial charge is 0.464 e. The van der Waals surface area contributed by atoms with Crippen LogP contribution in [-0.4, -0.2) is 13.1 Å². The van der Waals surface area contributed by atoms with Crippen molar-refractivity contribution in [1.29, 1.82) is 0 Å². The first-order valence-electron chi connectivity index (χ1n) is 1.44. The SMILES string of the molecule is COC(=O)[C](F)F. The Morgan fingerprint density at radius 1 is 1.57 bits per heavy atom. The molecule has 0 aromatic rings. The van der Waals surface area contributed by atoms with Crippen molar-refractivity contribution in [2.45, 2.75) is 0 Å². The Bertz CT molecular complexity index is 71.3. The Hall–Kier alpha value is -0.670. The first-order valence-corrected chi connectivity index (χ1v) is 1.44. The average Bonchev–Trinajstić information content (AvgIpc) is 1.65. The van der Waals surface area contributed by atoms with Crippen molar-refractivity contribution in [3.63, 3.8) is 0 Å². The lowest BCUT2D eigenvalue weighted by Gasteiger charge is -1.89. The van der Waals surface area contributed by atoms with E-state index in [4.69, 9.17) is 0 Å². The molecule has 0 aliphatic heterocycles.